The molecule has 0 saturated heterocycles. The van der Waals surface area contributed by atoms with E-state index >= 15 is 0 Å². The molecule has 2 heteroatoms. The largest absolute Gasteiger partial charge is 0.299 e. The number of benzene rings is 1. The third kappa shape index (κ3) is 1.48. The van der Waals surface area contributed by atoms with Crippen molar-refractivity contribution < 1.29 is 0 Å². The van der Waals surface area contributed by atoms with Crippen LogP contribution >= 0.6 is 0 Å². The molecule has 78 valence electrons. The molecule has 0 N–H and O–H groups in total. The van der Waals surface area contributed by atoms with Crippen LogP contribution in [0.2, 0.25) is 0 Å². The van der Waals surface area contributed by atoms with E-state index in [2.05, 4.69) is 46.0 Å². The number of aromatic nitrogens is 2. The number of fused-ring (bicyclic) bond motifs is 1. The summed E-state index contributed by atoms with van der Waals surface area (Å²) in [5.74, 6) is 0. The average molecular weight is 208 g/mol. The SMILES string of the molecule is C1=CCC=c2c(ncn2-c2ccccc2)=C1. The zero-order valence-electron chi connectivity index (χ0n) is 8.88. The van der Waals surface area contributed by atoms with Gasteiger partial charge in [-0.25, -0.2) is 4.98 Å². The van der Waals surface area contributed by atoms with Gasteiger partial charge in [-0.1, -0.05) is 36.4 Å². The quantitative estimate of drug-likeness (QED) is 0.692. The van der Waals surface area contributed by atoms with Crippen LogP contribution in [-0.2, 0) is 0 Å². The highest BCUT2D eigenvalue weighted by Crippen LogP contribution is 2.02. The van der Waals surface area contributed by atoms with Crippen molar-refractivity contribution in [3.05, 3.63) is 59.5 Å². The molecule has 0 unspecified atom stereocenters. The first-order valence-corrected chi connectivity index (χ1v) is 5.41. The second-order valence-electron chi connectivity index (χ2n) is 3.76. The van der Waals surface area contributed by atoms with Crippen LogP contribution in [0.5, 0.6) is 0 Å². The monoisotopic (exact) mass is 208 g/mol. The second-order valence-corrected chi connectivity index (χ2v) is 3.76. The van der Waals surface area contributed by atoms with E-state index in [0.29, 0.717) is 0 Å². The first-order chi connectivity index (χ1) is 7.95. The number of rotatable bonds is 1. The molecule has 2 nitrogen and oxygen atoms in total. The van der Waals surface area contributed by atoms with E-state index in [1.807, 2.05) is 24.5 Å². The van der Waals surface area contributed by atoms with Gasteiger partial charge in [0, 0.05) is 5.69 Å². The Morgan fingerprint density at radius 3 is 2.88 bits per heavy atom. The molecule has 1 aliphatic rings. The first-order valence-electron chi connectivity index (χ1n) is 5.41. The van der Waals surface area contributed by atoms with E-state index in [1.54, 1.807) is 0 Å². The Hall–Kier alpha value is -2.09. The van der Waals surface area contributed by atoms with Gasteiger partial charge >= 0.3 is 0 Å². The summed E-state index contributed by atoms with van der Waals surface area (Å²) in [6, 6.07) is 10.3. The van der Waals surface area contributed by atoms with Crippen LogP contribution < -0.4 is 10.7 Å². The van der Waals surface area contributed by atoms with Crippen molar-refractivity contribution in [2.24, 2.45) is 0 Å². The minimum Gasteiger partial charge on any atom is -0.299 e. The standard InChI is InChI=1S/C14H12N2/c1-3-7-12(8-4-1)16-11-15-13-9-5-2-6-10-14(13)16/h1-5,7-11H,6H2. The first kappa shape index (κ1) is 9.16. The van der Waals surface area contributed by atoms with Gasteiger partial charge in [-0.3, -0.25) is 4.57 Å². The van der Waals surface area contributed by atoms with Gasteiger partial charge in [0.25, 0.3) is 0 Å². The molecule has 0 fully saturated rings. The minimum absolute atomic E-state index is 0.960. The van der Waals surface area contributed by atoms with Gasteiger partial charge in [-0.05, 0) is 24.6 Å². The molecule has 3 rings (SSSR count). The van der Waals surface area contributed by atoms with Crippen molar-refractivity contribution >= 4 is 12.2 Å². The highest BCUT2D eigenvalue weighted by atomic mass is 15.0. The third-order valence-corrected chi connectivity index (χ3v) is 2.71. The molecule has 0 radical (unpaired) electrons. The molecule has 0 aliphatic heterocycles. The maximum Gasteiger partial charge on any atom is 0.100 e. The fourth-order valence-electron chi connectivity index (χ4n) is 1.91. The van der Waals surface area contributed by atoms with E-state index in [4.69, 9.17) is 0 Å². The second kappa shape index (κ2) is 3.81. The Kier molecular flexibility index (Phi) is 2.18. The van der Waals surface area contributed by atoms with E-state index in [9.17, 15) is 0 Å². The zero-order chi connectivity index (χ0) is 10.8. The molecule has 0 saturated carbocycles. The van der Waals surface area contributed by atoms with Gasteiger partial charge < -0.3 is 0 Å². The number of allylic oxidation sites excluding steroid dienone is 2. The summed E-state index contributed by atoms with van der Waals surface area (Å²) in [5, 5.41) is 2.22. The summed E-state index contributed by atoms with van der Waals surface area (Å²) in [6.07, 6.45) is 11.3. The third-order valence-electron chi connectivity index (χ3n) is 2.71. The number of nitrogens with zero attached hydrogens (tertiary/aromatic N) is 2. The number of imidazole rings is 1. The predicted molar refractivity (Wildman–Crippen MR) is 65.5 cm³/mol. The molecule has 16 heavy (non-hydrogen) atoms. The molecule has 0 spiro atoms. The molecule has 1 heterocycles. The van der Waals surface area contributed by atoms with Gasteiger partial charge in [0.1, 0.15) is 6.33 Å². The van der Waals surface area contributed by atoms with Gasteiger partial charge in [0.15, 0.2) is 0 Å². The highest BCUT2D eigenvalue weighted by Gasteiger charge is 2.00. The molecular formula is C14H12N2. The molecule has 1 aliphatic carbocycles. The molecule has 1 aromatic heterocycles. The Morgan fingerprint density at radius 2 is 2.00 bits per heavy atom. The molecule has 1 aromatic carbocycles. The fourth-order valence-corrected chi connectivity index (χ4v) is 1.91. The Balaban J connectivity index is 2.27. The number of para-hydroxylation sites is 1. The van der Waals surface area contributed by atoms with Crippen LogP contribution in [-0.4, -0.2) is 9.55 Å². The lowest BCUT2D eigenvalue weighted by Gasteiger charge is -2.01. The topological polar surface area (TPSA) is 17.8 Å². The van der Waals surface area contributed by atoms with Crippen LogP contribution in [0.25, 0.3) is 17.8 Å². The maximum atomic E-state index is 4.42. The van der Waals surface area contributed by atoms with E-state index in [-0.39, 0.29) is 0 Å². The van der Waals surface area contributed by atoms with Crippen molar-refractivity contribution in [3.63, 3.8) is 0 Å². The summed E-state index contributed by atoms with van der Waals surface area (Å²) < 4.78 is 2.12. The summed E-state index contributed by atoms with van der Waals surface area (Å²) in [4.78, 5) is 4.42. The maximum absolute atomic E-state index is 4.42. The van der Waals surface area contributed by atoms with Crippen LogP contribution in [0.3, 0.4) is 0 Å². The smallest absolute Gasteiger partial charge is 0.100 e. The summed E-state index contributed by atoms with van der Waals surface area (Å²) in [5.41, 5.74) is 1.16. The number of hydrogen-bond donors (Lipinski definition) is 0. The van der Waals surface area contributed by atoms with Gasteiger partial charge in [0.2, 0.25) is 0 Å². The van der Waals surface area contributed by atoms with Crippen LogP contribution in [0, 0.1) is 0 Å². The summed E-state index contributed by atoms with van der Waals surface area (Å²) in [6.45, 7) is 0. The van der Waals surface area contributed by atoms with Crippen molar-refractivity contribution in [1.29, 1.82) is 0 Å². The molecule has 0 bridgehead atoms. The lowest BCUT2D eigenvalue weighted by atomic mass is 10.3. The van der Waals surface area contributed by atoms with Crippen molar-refractivity contribution in [2.75, 3.05) is 0 Å². The average Bonchev–Trinajstić information content (AvgIpc) is 2.60. The molecule has 0 atom stereocenters. The predicted octanol–water partition coefficient (Wildman–Crippen LogP) is 1.39. The van der Waals surface area contributed by atoms with E-state index in [0.717, 1.165) is 17.5 Å². The Morgan fingerprint density at radius 1 is 1.12 bits per heavy atom. The van der Waals surface area contributed by atoms with E-state index < -0.39 is 0 Å². The lowest BCUT2D eigenvalue weighted by molar-refractivity contribution is 1.02. The number of hydrogen-bond acceptors (Lipinski definition) is 1. The Bertz CT molecular complexity index is 633. The molecule has 2 aromatic rings. The molecular weight excluding hydrogens is 196 g/mol. The van der Waals surface area contributed by atoms with Crippen molar-refractivity contribution in [2.45, 2.75) is 6.42 Å². The van der Waals surface area contributed by atoms with Crippen LogP contribution in [0.1, 0.15) is 6.42 Å². The van der Waals surface area contributed by atoms with E-state index in [1.165, 1.54) is 5.35 Å². The Labute approximate surface area is 93.9 Å². The van der Waals surface area contributed by atoms with Gasteiger partial charge in [-0.15, -0.1) is 0 Å². The summed E-state index contributed by atoms with van der Waals surface area (Å²) >= 11 is 0. The van der Waals surface area contributed by atoms with Gasteiger partial charge in [-0.2, -0.15) is 0 Å². The minimum atomic E-state index is 0.960. The zero-order valence-corrected chi connectivity index (χ0v) is 8.88. The van der Waals surface area contributed by atoms with Crippen molar-refractivity contribution in [3.8, 4) is 5.69 Å². The lowest BCUT2D eigenvalue weighted by Crippen LogP contribution is -2.28. The highest BCUT2D eigenvalue weighted by molar-refractivity contribution is 5.43. The van der Waals surface area contributed by atoms with Crippen LogP contribution in [0.15, 0.2) is 48.8 Å². The van der Waals surface area contributed by atoms with Gasteiger partial charge in [0.05, 0.1) is 10.7 Å². The van der Waals surface area contributed by atoms with Crippen LogP contribution in [0.4, 0.5) is 0 Å². The summed E-state index contributed by atoms with van der Waals surface area (Å²) in [7, 11) is 0. The molecule has 0 amide bonds. The fraction of sp³-hybridized carbons (Fsp3) is 0.0714. The normalized spacial score (nSPS) is 13.5. The van der Waals surface area contributed by atoms with Crippen molar-refractivity contribution in [1.82, 2.24) is 9.55 Å².